The SMILES string of the molecule is COc1ccc(CC(OC(C)C)C(=O)O)cc1CNC(=O)c1cc(C)nn1-c1ccccc1. The lowest BCUT2D eigenvalue weighted by Crippen LogP contribution is -2.29. The van der Waals surface area contributed by atoms with Crippen LogP contribution in [0.1, 0.15) is 41.2 Å². The molecule has 0 aliphatic rings. The summed E-state index contributed by atoms with van der Waals surface area (Å²) in [4.78, 5) is 24.5. The molecule has 33 heavy (non-hydrogen) atoms. The number of carbonyl (C=O) groups excluding carboxylic acids is 1. The summed E-state index contributed by atoms with van der Waals surface area (Å²) in [6, 6.07) is 16.6. The van der Waals surface area contributed by atoms with E-state index in [1.165, 1.54) is 0 Å². The average molecular weight is 452 g/mol. The van der Waals surface area contributed by atoms with Gasteiger partial charge < -0.3 is 19.9 Å². The van der Waals surface area contributed by atoms with Crippen LogP contribution in [0.15, 0.2) is 54.6 Å². The van der Waals surface area contributed by atoms with Gasteiger partial charge in [-0.15, -0.1) is 0 Å². The number of benzene rings is 2. The summed E-state index contributed by atoms with van der Waals surface area (Å²) in [5.41, 5.74) is 3.46. The van der Waals surface area contributed by atoms with Crippen molar-refractivity contribution >= 4 is 11.9 Å². The number of nitrogens with one attached hydrogen (secondary N) is 1. The molecule has 0 saturated heterocycles. The molecule has 0 saturated carbocycles. The minimum absolute atomic E-state index is 0.206. The maximum absolute atomic E-state index is 13.0. The van der Waals surface area contributed by atoms with Gasteiger partial charge in [-0.3, -0.25) is 4.79 Å². The Bertz CT molecular complexity index is 1110. The van der Waals surface area contributed by atoms with Gasteiger partial charge in [0.15, 0.2) is 6.10 Å². The maximum Gasteiger partial charge on any atom is 0.333 e. The zero-order valence-electron chi connectivity index (χ0n) is 19.2. The highest BCUT2D eigenvalue weighted by atomic mass is 16.5. The highest BCUT2D eigenvalue weighted by molar-refractivity contribution is 5.93. The molecule has 0 aliphatic carbocycles. The number of carboxylic acids is 1. The molecule has 0 aliphatic heterocycles. The zero-order valence-corrected chi connectivity index (χ0v) is 19.2. The monoisotopic (exact) mass is 451 g/mol. The summed E-state index contributed by atoms with van der Waals surface area (Å²) in [6.45, 7) is 5.64. The Labute approximate surface area is 193 Å². The highest BCUT2D eigenvalue weighted by Crippen LogP contribution is 2.22. The first-order valence-electron chi connectivity index (χ1n) is 10.7. The summed E-state index contributed by atoms with van der Waals surface area (Å²) in [7, 11) is 1.55. The number of hydrogen-bond acceptors (Lipinski definition) is 5. The Kier molecular flexibility index (Phi) is 7.84. The standard InChI is InChI=1S/C25H29N3O5/c1-16(2)33-23(25(30)31)14-18-10-11-22(32-4)19(13-18)15-26-24(29)21-12-17(3)27-28(21)20-8-6-5-7-9-20/h5-13,16,23H,14-15H2,1-4H3,(H,26,29)(H,30,31). The van der Waals surface area contributed by atoms with E-state index in [0.717, 1.165) is 22.5 Å². The molecule has 1 amide bonds. The molecule has 1 heterocycles. The number of methoxy groups -OCH3 is 1. The predicted molar refractivity (Wildman–Crippen MR) is 124 cm³/mol. The first-order chi connectivity index (χ1) is 15.8. The lowest BCUT2D eigenvalue weighted by molar-refractivity contribution is -0.153. The summed E-state index contributed by atoms with van der Waals surface area (Å²) >= 11 is 0. The second-order valence-electron chi connectivity index (χ2n) is 7.96. The van der Waals surface area contributed by atoms with Crippen molar-refractivity contribution in [2.45, 2.75) is 45.9 Å². The lowest BCUT2D eigenvalue weighted by atomic mass is 10.0. The maximum atomic E-state index is 13.0. The van der Waals surface area contributed by atoms with Crippen molar-refractivity contribution in [1.82, 2.24) is 15.1 Å². The summed E-state index contributed by atoms with van der Waals surface area (Å²) < 4.78 is 12.6. The molecule has 0 bridgehead atoms. The van der Waals surface area contributed by atoms with Crippen LogP contribution in [0.2, 0.25) is 0 Å². The Morgan fingerprint density at radius 1 is 1.12 bits per heavy atom. The fraction of sp³-hybridized carbons (Fsp3) is 0.320. The number of aromatic nitrogens is 2. The number of hydrogen-bond donors (Lipinski definition) is 2. The van der Waals surface area contributed by atoms with E-state index in [1.54, 1.807) is 43.8 Å². The van der Waals surface area contributed by atoms with Crippen LogP contribution >= 0.6 is 0 Å². The number of para-hydroxylation sites is 1. The van der Waals surface area contributed by atoms with Crippen molar-refractivity contribution < 1.29 is 24.2 Å². The van der Waals surface area contributed by atoms with E-state index in [-0.39, 0.29) is 25.0 Å². The number of aliphatic carboxylic acids is 1. The molecule has 2 aromatic carbocycles. The summed E-state index contributed by atoms with van der Waals surface area (Å²) in [6.07, 6.45) is -0.955. The van der Waals surface area contributed by atoms with Gasteiger partial charge in [0.25, 0.3) is 5.91 Å². The summed E-state index contributed by atoms with van der Waals surface area (Å²) in [5.74, 6) is -0.694. The van der Waals surface area contributed by atoms with Gasteiger partial charge in [0.2, 0.25) is 0 Å². The van der Waals surface area contributed by atoms with Gasteiger partial charge in [-0.1, -0.05) is 30.3 Å². The van der Waals surface area contributed by atoms with Crippen molar-refractivity contribution in [1.29, 1.82) is 0 Å². The number of rotatable bonds is 10. The van der Waals surface area contributed by atoms with Crippen molar-refractivity contribution in [3.05, 3.63) is 77.1 Å². The Morgan fingerprint density at radius 2 is 1.85 bits per heavy atom. The third-order valence-electron chi connectivity index (χ3n) is 4.98. The van der Waals surface area contributed by atoms with Crippen molar-refractivity contribution in [3.63, 3.8) is 0 Å². The second kappa shape index (κ2) is 10.8. The minimum Gasteiger partial charge on any atom is -0.496 e. The molecular formula is C25H29N3O5. The number of carbonyl (C=O) groups is 2. The molecule has 174 valence electrons. The van der Waals surface area contributed by atoms with Crippen LogP contribution in [0.4, 0.5) is 0 Å². The van der Waals surface area contributed by atoms with Gasteiger partial charge in [-0.2, -0.15) is 5.10 Å². The largest absolute Gasteiger partial charge is 0.496 e. The molecule has 0 spiro atoms. The van der Waals surface area contributed by atoms with E-state index in [2.05, 4.69) is 10.4 Å². The number of amides is 1. The van der Waals surface area contributed by atoms with E-state index < -0.39 is 12.1 Å². The topological polar surface area (TPSA) is 103 Å². The second-order valence-corrected chi connectivity index (χ2v) is 7.96. The zero-order chi connectivity index (χ0) is 24.0. The van der Waals surface area contributed by atoms with E-state index >= 15 is 0 Å². The number of carboxylic acid groups (broad SMARTS) is 1. The van der Waals surface area contributed by atoms with Crippen LogP contribution in [-0.2, 0) is 22.5 Å². The fourth-order valence-electron chi connectivity index (χ4n) is 3.53. The molecule has 8 heteroatoms. The minimum atomic E-state index is -1.01. The number of ether oxygens (including phenoxy) is 2. The average Bonchev–Trinajstić information content (AvgIpc) is 3.19. The third kappa shape index (κ3) is 6.20. The third-order valence-corrected chi connectivity index (χ3v) is 4.98. The summed E-state index contributed by atoms with van der Waals surface area (Å²) in [5, 5.41) is 16.8. The smallest absolute Gasteiger partial charge is 0.333 e. The van der Waals surface area contributed by atoms with E-state index in [1.807, 2.05) is 43.3 Å². The molecule has 0 fully saturated rings. The van der Waals surface area contributed by atoms with Gasteiger partial charge in [-0.05, 0) is 50.6 Å². The predicted octanol–water partition coefficient (Wildman–Crippen LogP) is 3.54. The van der Waals surface area contributed by atoms with Gasteiger partial charge in [0.1, 0.15) is 11.4 Å². The molecule has 3 rings (SSSR count). The Balaban J connectivity index is 1.78. The Morgan fingerprint density at radius 3 is 2.48 bits per heavy atom. The lowest BCUT2D eigenvalue weighted by Gasteiger charge is -2.18. The molecule has 2 N–H and O–H groups in total. The van der Waals surface area contributed by atoms with E-state index in [4.69, 9.17) is 9.47 Å². The molecule has 0 radical (unpaired) electrons. The van der Waals surface area contributed by atoms with Gasteiger partial charge in [-0.25, -0.2) is 9.48 Å². The molecule has 1 atom stereocenters. The first-order valence-corrected chi connectivity index (χ1v) is 10.7. The fourth-order valence-corrected chi connectivity index (χ4v) is 3.53. The van der Waals surface area contributed by atoms with Crippen LogP contribution in [0, 0.1) is 6.92 Å². The van der Waals surface area contributed by atoms with Crippen molar-refractivity contribution in [2.24, 2.45) is 0 Å². The normalized spacial score (nSPS) is 11.9. The van der Waals surface area contributed by atoms with E-state index in [0.29, 0.717) is 11.4 Å². The highest BCUT2D eigenvalue weighted by Gasteiger charge is 2.21. The van der Waals surface area contributed by atoms with E-state index in [9.17, 15) is 14.7 Å². The molecule has 1 aromatic heterocycles. The first kappa shape index (κ1) is 24.0. The molecule has 1 unspecified atom stereocenters. The van der Waals surface area contributed by atoms with Gasteiger partial charge in [0, 0.05) is 18.5 Å². The van der Waals surface area contributed by atoms with Crippen LogP contribution in [0.3, 0.4) is 0 Å². The van der Waals surface area contributed by atoms with Crippen LogP contribution in [-0.4, -0.2) is 46.1 Å². The van der Waals surface area contributed by atoms with Gasteiger partial charge >= 0.3 is 5.97 Å². The van der Waals surface area contributed by atoms with Gasteiger partial charge in [0.05, 0.1) is 24.6 Å². The van der Waals surface area contributed by atoms with Crippen LogP contribution in [0.5, 0.6) is 5.75 Å². The Hall–Kier alpha value is -3.65. The number of nitrogens with zero attached hydrogens (tertiary/aromatic N) is 2. The van der Waals surface area contributed by atoms with Crippen molar-refractivity contribution in [3.8, 4) is 11.4 Å². The molecular weight excluding hydrogens is 422 g/mol. The molecule has 3 aromatic rings. The quantitative estimate of drug-likeness (QED) is 0.489. The van der Waals surface area contributed by atoms with Crippen LogP contribution < -0.4 is 10.1 Å². The molecule has 8 nitrogen and oxygen atoms in total. The number of aryl methyl sites for hydroxylation is 1. The van der Waals surface area contributed by atoms with Crippen LogP contribution in [0.25, 0.3) is 5.69 Å². The van der Waals surface area contributed by atoms with Crippen molar-refractivity contribution in [2.75, 3.05) is 7.11 Å².